The maximum absolute atomic E-state index is 12.4. The van der Waals surface area contributed by atoms with Gasteiger partial charge in [0.2, 0.25) is 5.91 Å². The molecule has 37 heavy (non-hydrogen) atoms. The fraction of sp³-hybridized carbons (Fsp3) is 0.179. The number of amides is 3. The zero-order chi connectivity index (χ0) is 26.6. The van der Waals surface area contributed by atoms with Crippen LogP contribution in [0.4, 0.5) is 5.69 Å². The Morgan fingerprint density at radius 1 is 0.892 bits per heavy atom. The van der Waals surface area contributed by atoms with Gasteiger partial charge in [-0.3, -0.25) is 19.6 Å². The van der Waals surface area contributed by atoms with Gasteiger partial charge in [-0.05, 0) is 61.0 Å². The molecule has 0 saturated heterocycles. The van der Waals surface area contributed by atoms with Crippen LogP contribution in [0.5, 0.6) is 0 Å². The van der Waals surface area contributed by atoms with Crippen LogP contribution in [-0.2, 0) is 16.1 Å². The molecule has 0 radical (unpaired) electrons. The first-order chi connectivity index (χ1) is 17.9. The number of nitrogens with one attached hydrogen (secondary N) is 4. The third-order valence-electron chi connectivity index (χ3n) is 5.33. The first kappa shape index (κ1) is 27.1. The molecule has 3 rings (SSSR count). The minimum atomic E-state index is -1.07. The van der Waals surface area contributed by atoms with Gasteiger partial charge in [0.1, 0.15) is 6.04 Å². The molecule has 0 heterocycles. The van der Waals surface area contributed by atoms with E-state index >= 15 is 0 Å². The first-order valence-electron chi connectivity index (χ1n) is 11.6. The molecule has 2 atom stereocenters. The second kappa shape index (κ2) is 13.6. The Bertz CT molecular complexity index is 1260. The topological polar surface area (TPSA) is 146 Å². The molecule has 0 aliphatic heterocycles. The highest BCUT2D eigenvalue weighted by molar-refractivity contribution is 5.97. The Morgan fingerprint density at radius 3 is 2.05 bits per heavy atom. The van der Waals surface area contributed by atoms with E-state index < -0.39 is 23.9 Å². The summed E-state index contributed by atoms with van der Waals surface area (Å²) in [6, 6.07) is 21.8. The number of hydrogen-bond acceptors (Lipinski definition) is 6. The van der Waals surface area contributed by atoms with E-state index in [4.69, 9.17) is 10.9 Å². The molecule has 0 aromatic heterocycles. The molecule has 0 fully saturated rings. The van der Waals surface area contributed by atoms with Crippen LogP contribution in [0.25, 0.3) is 0 Å². The second-order valence-electron chi connectivity index (χ2n) is 8.33. The van der Waals surface area contributed by atoms with Crippen LogP contribution in [0.1, 0.15) is 34.0 Å². The summed E-state index contributed by atoms with van der Waals surface area (Å²) in [5.41, 5.74) is 10.8. The number of carbonyl (C=O) groups is 3. The summed E-state index contributed by atoms with van der Waals surface area (Å²) in [5, 5.41) is 17.3. The van der Waals surface area contributed by atoms with Crippen molar-refractivity contribution in [2.24, 2.45) is 5.73 Å². The number of nitrogens with two attached hydrogens (primary N) is 1. The van der Waals surface area contributed by atoms with E-state index in [1.807, 2.05) is 42.5 Å². The zero-order valence-corrected chi connectivity index (χ0v) is 20.3. The predicted octanol–water partition coefficient (Wildman–Crippen LogP) is 1.77. The van der Waals surface area contributed by atoms with Gasteiger partial charge in [0.25, 0.3) is 11.8 Å². The number of rotatable bonds is 9. The Labute approximate surface area is 215 Å². The fourth-order valence-corrected chi connectivity index (χ4v) is 3.34. The van der Waals surface area contributed by atoms with E-state index in [1.54, 1.807) is 43.3 Å². The lowest BCUT2D eigenvalue weighted by Gasteiger charge is -2.20. The highest BCUT2D eigenvalue weighted by Crippen LogP contribution is 2.10. The number of hydrogen-bond donors (Lipinski definition) is 6. The number of hydroxylamine groups is 1. The summed E-state index contributed by atoms with van der Waals surface area (Å²) in [4.78, 5) is 36.2. The van der Waals surface area contributed by atoms with Crippen molar-refractivity contribution in [3.8, 4) is 11.8 Å². The molecule has 0 spiro atoms. The summed E-state index contributed by atoms with van der Waals surface area (Å²) in [5.74, 6) is 4.63. The summed E-state index contributed by atoms with van der Waals surface area (Å²) < 4.78 is 0. The predicted molar refractivity (Wildman–Crippen MR) is 140 cm³/mol. The van der Waals surface area contributed by atoms with Crippen LogP contribution in [0.2, 0.25) is 0 Å². The summed E-state index contributed by atoms with van der Waals surface area (Å²) in [6.07, 6.45) is 0. The van der Waals surface area contributed by atoms with Gasteiger partial charge in [0.15, 0.2) is 0 Å². The summed E-state index contributed by atoms with van der Waals surface area (Å²) in [7, 11) is 0. The van der Waals surface area contributed by atoms with Gasteiger partial charge in [-0.25, -0.2) is 5.48 Å². The molecular formula is C28H29N5O4. The molecule has 0 bridgehead atoms. The van der Waals surface area contributed by atoms with Gasteiger partial charge in [-0.1, -0.05) is 42.2 Å². The maximum Gasteiger partial charge on any atom is 0.267 e. The highest BCUT2D eigenvalue weighted by atomic mass is 16.5. The normalized spacial score (nSPS) is 11.9. The molecule has 3 aromatic carbocycles. The fourth-order valence-electron chi connectivity index (χ4n) is 3.34. The number of benzene rings is 3. The molecule has 0 aliphatic carbocycles. The smallest absolute Gasteiger partial charge is 0.267 e. The van der Waals surface area contributed by atoms with Crippen LogP contribution in [0, 0.1) is 11.8 Å². The molecule has 0 aliphatic rings. The molecule has 0 saturated carbocycles. The van der Waals surface area contributed by atoms with E-state index in [0.717, 1.165) is 11.1 Å². The lowest BCUT2D eigenvalue weighted by atomic mass is 10.1. The average molecular weight is 500 g/mol. The second-order valence-corrected chi connectivity index (χ2v) is 8.33. The van der Waals surface area contributed by atoms with Crippen LogP contribution in [0.15, 0.2) is 78.9 Å². The molecule has 190 valence electrons. The molecule has 2 unspecified atom stereocenters. The van der Waals surface area contributed by atoms with Crippen LogP contribution in [0.3, 0.4) is 0 Å². The third kappa shape index (κ3) is 8.59. The van der Waals surface area contributed by atoms with Gasteiger partial charge in [-0.2, -0.15) is 0 Å². The molecular weight excluding hydrogens is 470 g/mol. The van der Waals surface area contributed by atoms with Crippen LogP contribution in [-0.4, -0.2) is 41.6 Å². The maximum atomic E-state index is 12.4. The average Bonchev–Trinajstić information content (AvgIpc) is 2.91. The van der Waals surface area contributed by atoms with Gasteiger partial charge >= 0.3 is 0 Å². The van der Waals surface area contributed by atoms with Crippen LogP contribution < -0.4 is 27.2 Å². The Hall–Kier alpha value is -4.49. The SMILES string of the molecule is CC(N)C(NC(=O)c1ccc(C#Cc2ccc(NC(=O)CNCc3ccccc3)cc2)cc1)C(=O)NO. The van der Waals surface area contributed by atoms with E-state index in [-0.39, 0.29) is 12.5 Å². The van der Waals surface area contributed by atoms with E-state index in [1.165, 1.54) is 5.48 Å². The summed E-state index contributed by atoms with van der Waals surface area (Å²) >= 11 is 0. The van der Waals surface area contributed by atoms with Gasteiger partial charge in [0, 0.05) is 35.0 Å². The van der Waals surface area contributed by atoms with Crippen molar-refractivity contribution in [3.63, 3.8) is 0 Å². The van der Waals surface area contributed by atoms with E-state index in [0.29, 0.717) is 23.4 Å². The van der Waals surface area contributed by atoms with E-state index in [2.05, 4.69) is 27.8 Å². The standard InChI is InChI=1S/C28H29N5O4/c1-19(29)26(28(36)33-37)32-27(35)23-13-9-20(10-14-23)7-8-21-11-15-24(16-12-21)31-25(34)18-30-17-22-5-3-2-4-6-22/h2-6,9-16,19,26,30,37H,17-18,29H2,1H3,(H,31,34)(H,32,35)(H,33,36). The lowest BCUT2D eigenvalue weighted by molar-refractivity contribution is -0.131. The van der Waals surface area contributed by atoms with Crippen molar-refractivity contribution in [2.75, 3.05) is 11.9 Å². The quantitative estimate of drug-likeness (QED) is 0.150. The number of carbonyl (C=O) groups excluding carboxylic acids is 3. The molecule has 9 heteroatoms. The molecule has 3 aromatic rings. The van der Waals surface area contributed by atoms with Crippen molar-refractivity contribution in [1.82, 2.24) is 16.1 Å². The molecule has 9 nitrogen and oxygen atoms in total. The number of anilines is 1. The Kier molecular flexibility index (Phi) is 9.93. The molecule has 7 N–H and O–H groups in total. The van der Waals surface area contributed by atoms with Crippen molar-refractivity contribution in [2.45, 2.75) is 25.6 Å². The lowest BCUT2D eigenvalue weighted by Crippen LogP contribution is -2.54. The van der Waals surface area contributed by atoms with Crippen molar-refractivity contribution in [1.29, 1.82) is 0 Å². The zero-order valence-electron chi connectivity index (χ0n) is 20.3. The molecule has 3 amide bonds. The minimum Gasteiger partial charge on any atom is -0.339 e. The van der Waals surface area contributed by atoms with Gasteiger partial charge in [0.05, 0.1) is 6.54 Å². The Balaban J connectivity index is 1.51. The van der Waals surface area contributed by atoms with Gasteiger partial charge < -0.3 is 21.7 Å². The van der Waals surface area contributed by atoms with Crippen LogP contribution >= 0.6 is 0 Å². The Morgan fingerprint density at radius 2 is 1.49 bits per heavy atom. The van der Waals surface area contributed by atoms with Gasteiger partial charge in [-0.15, -0.1) is 0 Å². The third-order valence-corrected chi connectivity index (χ3v) is 5.33. The monoisotopic (exact) mass is 499 g/mol. The van der Waals surface area contributed by atoms with Crippen molar-refractivity contribution in [3.05, 3.63) is 101 Å². The van der Waals surface area contributed by atoms with Crippen molar-refractivity contribution >= 4 is 23.4 Å². The van der Waals surface area contributed by atoms with E-state index in [9.17, 15) is 14.4 Å². The minimum absolute atomic E-state index is 0.136. The summed E-state index contributed by atoms with van der Waals surface area (Å²) in [6.45, 7) is 2.36. The van der Waals surface area contributed by atoms with Crippen molar-refractivity contribution < 1.29 is 19.6 Å². The first-order valence-corrected chi connectivity index (χ1v) is 11.6. The largest absolute Gasteiger partial charge is 0.339 e. The highest BCUT2D eigenvalue weighted by Gasteiger charge is 2.24.